The number of rotatable bonds is 6. The number of aromatic nitrogens is 5. The fourth-order valence-corrected chi connectivity index (χ4v) is 4.44. The zero-order valence-electron chi connectivity index (χ0n) is 19.0. The second-order valence-electron chi connectivity index (χ2n) is 9.06. The molecule has 1 fully saturated rings. The number of amides is 1. The molecule has 1 aliphatic heterocycles. The van der Waals surface area contributed by atoms with Crippen LogP contribution in [-0.2, 0) is 17.6 Å². The number of anilines is 4. The van der Waals surface area contributed by atoms with E-state index in [-0.39, 0.29) is 5.91 Å². The summed E-state index contributed by atoms with van der Waals surface area (Å²) in [7, 11) is 0. The predicted molar refractivity (Wildman–Crippen MR) is 125 cm³/mol. The van der Waals surface area contributed by atoms with Gasteiger partial charge in [-0.2, -0.15) is 14.5 Å². The van der Waals surface area contributed by atoms with E-state index in [2.05, 4.69) is 39.7 Å². The summed E-state index contributed by atoms with van der Waals surface area (Å²) in [4.78, 5) is 28.0. The van der Waals surface area contributed by atoms with Gasteiger partial charge in [0.2, 0.25) is 17.8 Å². The first kappa shape index (κ1) is 22.2. The lowest BCUT2D eigenvalue weighted by Gasteiger charge is -2.25. The van der Waals surface area contributed by atoms with Gasteiger partial charge in [0.1, 0.15) is 11.9 Å². The van der Waals surface area contributed by atoms with Crippen LogP contribution < -0.4 is 15.5 Å². The SMILES string of the molecule is CC(C)c1cc(Nc2nc(N3CCC[C@@H]3C(=O)Nc3ccc(F)nc3)nc3c2C[C@H](O)C3)n[nH]1. The highest BCUT2D eigenvalue weighted by Gasteiger charge is 2.35. The van der Waals surface area contributed by atoms with Gasteiger partial charge in [-0.05, 0) is 30.9 Å². The minimum atomic E-state index is -0.605. The molecule has 34 heavy (non-hydrogen) atoms. The first-order valence-corrected chi connectivity index (χ1v) is 11.5. The molecule has 11 heteroatoms. The number of carbonyl (C=O) groups is 1. The largest absolute Gasteiger partial charge is 0.392 e. The quantitative estimate of drug-likeness (QED) is 0.408. The van der Waals surface area contributed by atoms with Gasteiger partial charge in [0.25, 0.3) is 0 Å². The summed E-state index contributed by atoms with van der Waals surface area (Å²) in [5.74, 6) is 1.13. The van der Waals surface area contributed by atoms with Crippen LogP contribution in [0.5, 0.6) is 0 Å². The molecule has 0 unspecified atom stereocenters. The number of aliphatic hydroxyl groups is 1. The maximum absolute atomic E-state index is 13.1. The number of nitrogens with zero attached hydrogens (tertiary/aromatic N) is 5. The van der Waals surface area contributed by atoms with E-state index in [0.29, 0.717) is 55.0 Å². The topological polar surface area (TPSA) is 132 Å². The van der Waals surface area contributed by atoms with Crippen LogP contribution in [-0.4, -0.2) is 54.9 Å². The molecule has 1 aliphatic carbocycles. The third kappa shape index (κ3) is 4.43. The Balaban J connectivity index is 1.42. The molecule has 2 atom stereocenters. The highest BCUT2D eigenvalue weighted by Crippen LogP contribution is 2.33. The van der Waals surface area contributed by atoms with E-state index in [4.69, 9.17) is 9.97 Å². The summed E-state index contributed by atoms with van der Waals surface area (Å²) < 4.78 is 13.1. The van der Waals surface area contributed by atoms with Crippen molar-refractivity contribution in [1.82, 2.24) is 25.1 Å². The van der Waals surface area contributed by atoms with Crippen LogP contribution in [0, 0.1) is 5.95 Å². The van der Waals surface area contributed by atoms with Crippen LogP contribution in [0.2, 0.25) is 0 Å². The maximum Gasteiger partial charge on any atom is 0.247 e. The van der Waals surface area contributed by atoms with Crippen molar-refractivity contribution in [1.29, 1.82) is 0 Å². The summed E-state index contributed by atoms with van der Waals surface area (Å²) in [6, 6.07) is 4.14. The molecule has 178 valence electrons. The van der Waals surface area contributed by atoms with Gasteiger partial charge in [-0.25, -0.2) is 9.97 Å². The van der Waals surface area contributed by atoms with Gasteiger partial charge in [0, 0.05) is 36.7 Å². The number of aromatic amines is 1. The molecular weight excluding hydrogens is 439 g/mol. The van der Waals surface area contributed by atoms with Crippen molar-refractivity contribution in [2.24, 2.45) is 0 Å². The van der Waals surface area contributed by atoms with Crippen LogP contribution in [0.3, 0.4) is 0 Å². The Morgan fingerprint density at radius 3 is 2.88 bits per heavy atom. The average molecular weight is 467 g/mol. The smallest absolute Gasteiger partial charge is 0.247 e. The standard InChI is InChI=1S/C23H27FN8O2/c1-12(2)16-10-20(31-30-16)28-21-15-8-14(33)9-17(15)27-23(29-21)32-7-3-4-18(32)22(34)26-13-5-6-19(24)25-11-13/h5-6,10-12,14,18,33H,3-4,7-9H2,1-2H3,(H,26,34)(H2,27,28,29,30,31)/t14-,18+/m0/s1. The molecule has 1 saturated heterocycles. The maximum atomic E-state index is 13.1. The fraction of sp³-hybridized carbons (Fsp3) is 0.435. The van der Waals surface area contributed by atoms with Crippen molar-refractivity contribution in [3.05, 3.63) is 47.3 Å². The third-order valence-electron chi connectivity index (χ3n) is 6.22. The zero-order chi connectivity index (χ0) is 23.8. The Bertz CT molecular complexity index is 1200. The first-order chi connectivity index (χ1) is 16.4. The number of hydrogen-bond donors (Lipinski definition) is 4. The molecule has 10 nitrogen and oxygen atoms in total. The van der Waals surface area contributed by atoms with E-state index < -0.39 is 18.1 Å². The fourth-order valence-electron chi connectivity index (χ4n) is 4.44. The van der Waals surface area contributed by atoms with Crippen molar-refractivity contribution >= 4 is 29.2 Å². The minimum Gasteiger partial charge on any atom is -0.392 e. The molecule has 5 rings (SSSR count). The molecule has 3 aromatic heterocycles. The van der Waals surface area contributed by atoms with Crippen LogP contribution in [0.15, 0.2) is 24.4 Å². The number of pyridine rings is 1. The van der Waals surface area contributed by atoms with Crippen LogP contribution in [0.25, 0.3) is 0 Å². The lowest BCUT2D eigenvalue weighted by atomic mass is 10.1. The lowest BCUT2D eigenvalue weighted by molar-refractivity contribution is -0.117. The van der Waals surface area contributed by atoms with E-state index in [9.17, 15) is 14.3 Å². The summed E-state index contributed by atoms with van der Waals surface area (Å²) in [5.41, 5.74) is 3.06. The van der Waals surface area contributed by atoms with Crippen molar-refractivity contribution in [2.75, 3.05) is 22.1 Å². The number of nitrogens with one attached hydrogen (secondary N) is 3. The Morgan fingerprint density at radius 1 is 1.29 bits per heavy atom. The van der Waals surface area contributed by atoms with Gasteiger partial charge in [-0.3, -0.25) is 9.89 Å². The Labute approximate surface area is 196 Å². The molecule has 0 spiro atoms. The van der Waals surface area contributed by atoms with Crippen molar-refractivity contribution in [3.8, 4) is 0 Å². The zero-order valence-corrected chi connectivity index (χ0v) is 19.0. The molecule has 3 aromatic rings. The summed E-state index contributed by atoms with van der Waals surface area (Å²) >= 11 is 0. The third-order valence-corrected chi connectivity index (χ3v) is 6.22. The van der Waals surface area contributed by atoms with E-state index in [1.807, 2.05) is 11.0 Å². The number of hydrogen-bond acceptors (Lipinski definition) is 8. The summed E-state index contributed by atoms with van der Waals surface area (Å²) in [5, 5.41) is 23.7. The summed E-state index contributed by atoms with van der Waals surface area (Å²) in [6.45, 7) is 4.78. The molecule has 0 bridgehead atoms. The Hall–Kier alpha value is -3.60. The number of aliphatic hydroxyl groups excluding tert-OH is 1. The number of carbonyl (C=O) groups excluding carboxylic acids is 1. The molecule has 4 N–H and O–H groups in total. The van der Waals surface area contributed by atoms with Gasteiger partial charge in [0.05, 0.1) is 23.7 Å². The molecule has 2 aliphatic rings. The first-order valence-electron chi connectivity index (χ1n) is 11.5. The molecule has 4 heterocycles. The van der Waals surface area contributed by atoms with E-state index in [0.717, 1.165) is 23.4 Å². The molecular formula is C23H27FN8O2. The minimum absolute atomic E-state index is 0.224. The second-order valence-corrected chi connectivity index (χ2v) is 9.06. The summed E-state index contributed by atoms with van der Waals surface area (Å²) in [6.07, 6.45) is 3.11. The van der Waals surface area contributed by atoms with E-state index in [1.54, 1.807) is 0 Å². The lowest BCUT2D eigenvalue weighted by Crippen LogP contribution is -2.40. The van der Waals surface area contributed by atoms with E-state index >= 15 is 0 Å². The van der Waals surface area contributed by atoms with Crippen LogP contribution in [0.1, 0.15) is 49.6 Å². The number of H-pyrrole nitrogens is 1. The van der Waals surface area contributed by atoms with Gasteiger partial charge in [0.15, 0.2) is 5.82 Å². The van der Waals surface area contributed by atoms with Crippen LogP contribution >= 0.6 is 0 Å². The van der Waals surface area contributed by atoms with Gasteiger partial charge >= 0.3 is 0 Å². The predicted octanol–water partition coefficient (Wildman–Crippen LogP) is 2.67. The van der Waals surface area contributed by atoms with Crippen molar-refractivity contribution in [3.63, 3.8) is 0 Å². The monoisotopic (exact) mass is 466 g/mol. The molecule has 0 saturated carbocycles. The molecule has 0 radical (unpaired) electrons. The average Bonchev–Trinajstić information content (AvgIpc) is 3.54. The van der Waals surface area contributed by atoms with Crippen LogP contribution in [0.4, 0.5) is 27.7 Å². The van der Waals surface area contributed by atoms with Gasteiger partial charge in [-0.1, -0.05) is 13.8 Å². The normalized spacial score (nSPS) is 19.5. The Kier molecular flexibility index (Phi) is 5.86. The highest BCUT2D eigenvalue weighted by molar-refractivity contribution is 5.96. The van der Waals surface area contributed by atoms with Gasteiger partial charge in [-0.15, -0.1) is 0 Å². The highest BCUT2D eigenvalue weighted by atomic mass is 19.1. The Morgan fingerprint density at radius 2 is 2.15 bits per heavy atom. The second kappa shape index (κ2) is 8.98. The molecule has 0 aromatic carbocycles. The van der Waals surface area contributed by atoms with Crippen molar-refractivity contribution < 1.29 is 14.3 Å². The van der Waals surface area contributed by atoms with Crippen molar-refractivity contribution in [2.45, 2.75) is 57.6 Å². The number of halogens is 1. The molecule has 1 amide bonds. The van der Waals surface area contributed by atoms with Gasteiger partial charge < -0.3 is 20.6 Å². The van der Waals surface area contributed by atoms with E-state index in [1.165, 1.54) is 18.3 Å². The number of fused-ring (bicyclic) bond motifs is 1.